The zero-order valence-corrected chi connectivity index (χ0v) is 12.2. The van der Waals surface area contributed by atoms with Gasteiger partial charge < -0.3 is 14.3 Å². The fourth-order valence-electron chi connectivity index (χ4n) is 1.58. The van der Waals surface area contributed by atoms with Crippen molar-refractivity contribution in [3.05, 3.63) is 11.8 Å². The summed E-state index contributed by atoms with van der Waals surface area (Å²) in [7, 11) is 0. The van der Waals surface area contributed by atoms with Crippen LogP contribution in [-0.2, 0) is 22.6 Å². The van der Waals surface area contributed by atoms with Gasteiger partial charge in [0.05, 0.1) is 12.0 Å². The third-order valence-electron chi connectivity index (χ3n) is 2.40. The summed E-state index contributed by atoms with van der Waals surface area (Å²) in [5, 5.41) is 16.6. The fraction of sp³-hybridized carbons (Fsp3) is 0.769. The molecular formula is C13H22N2O4. The van der Waals surface area contributed by atoms with Crippen molar-refractivity contribution in [2.45, 2.75) is 59.7 Å². The Bertz CT molecular complexity index is 432. The Morgan fingerprint density at radius 2 is 1.79 bits per heavy atom. The number of ether oxygens (including phenoxy) is 1. The SMILES string of the molecule is CC(C)(CC(=O)O)Cc1nnc(COC(C)(C)C)o1. The molecule has 1 N–H and O–H groups in total. The Morgan fingerprint density at radius 3 is 2.32 bits per heavy atom. The van der Waals surface area contributed by atoms with Gasteiger partial charge in [-0.15, -0.1) is 10.2 Å². The summed E-state index contributed by atoms with van der Waals surface area (Å²) in [6.07, 6.45) is 0.491. The lowest BCUT2D eigenvalue weighted by atomic mass is 9.86. The molecule has 6 heteroatoms. The molecule has 0 aliphatic heterocycles. The van der Waals surface area contributed by atoms with E-state index in [1.54, 1.807) is 0 Å². The smallest absolute Gasteiger partial charge is 0.303 e. The summed E-state index contributed by atoms with van der Waals surface area (Å²) in [5.41, 5.74) is -0.683. The van der Waals surface area contributed by atoms with E-state index in [0.29, 0.717) is 18.2 Å². The predicted molar refractivity (Wildman–Crippen MR) is 68.6 cm³/mol. The Morgan fingerprint density at radius 1 is 1.21 bits per heavy atom. The maximum absolute atomic E-state index is 10.7. The monoisotopic (exact) mass is 270 g/mol. The second-order valence-electron chi connectivity index (χ2n) is 6.40. The van der Waals surface area contributed by atoms with E-state index in [-0.39, 0.29) is 18.6 Å². The zero-order chi connectivity index (χ0) is 14.7. The summed E-state index contributed by atoms with van der Waals surface area (Å²) in [6, 6.07) is 0. The summed E-state index contributed by atoms with van der Waals surface area (Å²) < 4.78 is 11.0. The highest BCUT2D eigenvalue weighted by atomic mass is 16.5. The minimum atomic E-state index is -0.833. The number of carbonyl (C=O) groups is 1. The maximum Gasteiger partial charge on any atom is 0.303 e. The first kappa shape index (κ1) is 15.6. The van der Waals surface area contributed by atoms with Crippen LogP contribution in [0.25, 0.3) is 0 Å². The summed E-state index contributed by atoms with van der Waals surface area (Å²) in [4.78, 5) is 10.7. The molecule has 19 heavy (non-hydrogen) atoms. The van der Waals surface area contributed by atoms with E-state index in [1.165, 1.54) is 0 Å². The number of hydrogen-bond acceptors (Lipinski definition) is 5. The number of hydrogen-bond donors (Lipinski definition) is 1. The number of nitrogens with zero attached hydrogens (tertiary/aromatic N) is 2. The highest BCUT2D eigenvalue weighted by Crippen LogP contribution is 2.25. The second kappa shape index (κ2) is 5.69. The van der Waals surface area contributed by atoms with E-state index < -0.39 is 11.4 Å². The Balaban J connectivity index is 2.57. The van der Waals surface area contributed by atoms with Gasteiger partial charge in [-0.1, -0.05) is 13.8 Å². The molecule has 0 aromatic carbocycles. The molecule has 1 rings (SSSR count). The van der Waals surface area contributed by atoms with E-state index in [2.05, 4.69) is 10.2 Å². The molecule has 0 fully saturated rings. The van der Waals surface area contributed by atoms with Gasteiger partial charge in [0, 0.05) is 6.42 Å². The van der Waals surface area contributed by atoms with Gasteiger partial charge in [0.15, 0.2) is 0 Å². The second-order valence-corrected chi connectivity index (χ2v) is 6.40. The van der Waals surface area contributed by atoms with E-state index in [4.69, 9.17) is 14.3 Å². The Labute approximate surface area is 113 Å². The van der Waals surface area contributed by atoms with Crippen molar-refractivity contribution in [1.82, 2.24) is 10.2 Å². The molecule has 0 amide bonds. The van der Waals surface area contributed by atoms with E-state index in [0.717, 1.165) is 0 Å². The highest BCUT2D eigenvalue weighted by molar-refractivity contribution is 5.67. The standard InChI is InChI=1S/C13H22N2O4/c1-12(2,3)18-8-10-15-14-9(19-10)6-13(4,5)7-11(16)17/h6-8H2,1-5H3,(H,16,17). The largest absolute Gasteiger partial charge is 0.481 e. The lowest BCUT2D eigenvalue weighted by molar-refractivity contribution is -0.139. The maximum atomic E-state index is 10.7. The van der Waals surface area contributed by atoms with Crippen LogP contribution in [0, 0.1) is 5.41 Å². The molecule has 0 saturated heterocycles. The average molecular weight is 270 g/mol. The molecule has 0 saturated carbocycles. The highest BCUT2D eigenvalue weighted by Gasteiger charge is 2.25. The molecule has 0 spiro atoms. The van der Waals surface area contributed by atoms with Crippen LogP contribution in [0.1, 0.15) is 52.8 Å². The van der Waals surface area contributed by atoms with Gasteiger partial charge in [-0.3, -0.25) is 4.79 Å². The molecule has 1 heterocycles. The number of aromatic nitrogens is 2. The predicted octanol–water partition coefficient (Wildman–Crippen LogP) is 2.43. The van der Waals surface area contributed by atoms with Crippen molar-refractivity contribution in [2.75, 3.05) is 0 Å². The van der Waals surface area contributed by atoms with Gasteiger partial charge in [0.2, 0.25) is 11.8 Å². The van der Waals surface area contributed by atoms with Crippen LogP contribution in [0.2, 0.25) is 0 Å². The topological polar surface area (TPSA) is 85.5 Å². The number of aliphatic carboxylic acids is 1. The Kier molecular flexibility index (Phi) is 4.68. The first-order valence-corrected chi connectivity index (χ1v) is 6.24. The fourth-order valence-corrected chi connectivity index (χ4v) is 1.58. The van der Waals surface area contributed by atoms with Crippen molar-refractivity contribution < 1.29 is 19.1 Å². The normalized spacial score (nSPS) is 12.7. The van der Waals surface area contributed by atoms with Gasteiger partial charge in [-0.25, -0.2) is 0 Å². The zero-order valence-electron chi connectivity index (χ0n) is 12.2. The molecule has 108 valence electrons. The molecule has 0 aliphatic carbocycles. The lowest BCUT2D eigenvalue weighted by Crippen LogP contribution is -2.19. The quantitative estimate of drug-likeness (QED) is 0.854. The van der Waals surface area contributed by atoms with Crippen molar-refractivity contribution in [3.8, 4) is 0 Å². The van der Waals surface area contributed by atoms with Crippen LogP contribution in [0.4, 0.5) is 0 Å². The van der Waals surface area contributed by atoms with Crippen LogP contribution in [-0.4, -0.2) is 26.9 Å². The summed E-state index contributed by atoms with van der Waals surface area (Å²) in [5.74, 6) is 0.0237. The third-order valence-corrected chi connectivity index (χ3v) is 2.40. The van der Waals surface area contributed by atoms with Crippen molar-refractivity contribution in [3.63, 3.8) is 0 Å². The molecule has 0 bridgehead atoms. The van der Waals surface area contributed by atoms with E-state index in [1.807, 2.05) is 34.6 Å². The van der Waals surface area contributed by atoms with Crippen LogP contribution in [0.5, 0.6) is 0 Å². The molecule has 0 unspecified atom stereocenters. The summed E-state index contributed by atoms with van der Waals surface area (Å²) >= 11 is 0. The lowest BCUT2D eigenvalue weighted by Gasteiger charge is -2.19. The minimum Gasteiger partial charge on any atom is -0.481 e. The van der Waals surface area contributed by atoms with Gasteiger partial charge >= 0.3 is 5.97 Å². The van der Waals surface area contributed by atoms with E-state index >= 15 is 0 Å². The van der Waals surface area contributed by atoms with Gasteiger partial charge in [-0.2, -0.15) is 0 Å². The molecule has 6 nitrogen and oxygen atoms in total. The summed E-state index contributed by atoms with van der Waals surface area (Å²) in [6.45, 7) is 9.81. The van der Waals surface area contributed by atoms with Crippen LogP contribution < -0.4 is 0 Å². The third kappa shape index (κ3) is 6.33. The number of carboxylic acids is 1. The number of carboxylic acid groups (broad SMARTS) is 1. The van der Waals surface area contributed by atoms with Crippen molar-refractivity contribution in [2.24, 2.45) is 5.41 Å². The molecular weight excluding hydrogens is 248 g/mol. The molecule has 1 aromatic heterocycles. The van der Waals surface area contributed by atoms with Crippen LogP contribution in [0.3, 0.4) is 0 Å². The average Bonchev–Trinajstić information content (AvgIpc) is 2.58. The first-order chi connectivity index (χ1) is 8.57. The minimum absolute atomic E-state index is 0.0587. The van der Waals surface area contributed by atoms with Crippen molar-refractivity contribution >= 4 is 5.97 Å². The van der Waals surface area contributed by atoms with Gasteiger partial charge in [0.25, 0.3) is 0 Å². The molecule has 0 radical (unpaired) electrons. The molecule has 0 atom stereocenters. The van der Waals surface area contributed by atoms with Gasteiger partial charge in [0.1, 0.15) is 6.61 Å². The van der Waals surface area contributed by atoms with E-state index in [9.17, 15) is 4.79 Å². The Hall–Kier alpha value is -1.43. The van der Waals surface area contributed by atoms with Crippen LogP contribution in [0.15, 0.2) is 4.42 Å². The number of rotatable bonds is 6. The first-order valence-electron chi connectivity index (χ1n) is 6.24. The van der Waals surface area contributed by atoms with Crippen LogP contribution >= 0.6 is 0 Å². The molecule has 0 aliphatic rings. The van der Waals surface area contributed by atoms with Crippen molar-refractivity contribution in [1.29, 1.82) is 0 Å². The molecule has 1 aromatic rings. The van der Waals surface area contributed by atoms with Gasteiger partial charge in [-0.05, 0) is 26.2 Å².